The Morgan fingerprint density at radius 3 is 2.53 bits per heavy atom. The minimum atomic E-state index is -4.84. The molecule has 1 N–H and O–H groups in total. The highest BCUT2D eigenvalue weighted by atomic mass is 19.4. The molecular weight excluding hydrogens is 481 g/mol. The highest BCUT2D eigenvalue weighted by molar-refractivity contribution is 5.97. The van der Waals surface area contributed by atoms with Crippen molar-refractivity contribution in [2.45, 2.75) is 45.2 Å². The molecule has 0 bridgehead atoms. The predicted molar refractivity (Wildman–Crippen MR) is 125 cm³/mol. The van der Waals surface area contributed by atoms with Gasteiger partial charge in [0.15, 0.2) is 0 Å². The molecule has 4 rings (SSSR count). The number of fused-ring (bicyclic) bond motifs is 1. The first-order valence-corrected chi connectivity index (χ1v) is 11.1. The Bertz CT molecular complexity index is 1340. The number of nitrogens with zero attached hydrogens (tertiary/aromatic N) is 5. The van der Waals surface area contributed by atoms with Crippen molar-refractivity contribution < 1.29 is 27.4 Å². The molecule has 0 unspecified atom stereocenters. The van der Waals surface area contributed by atoms with Crippen LogP contribution in [0, 0.1) is 0 Å². The number of carbonyl (C=O) groups excluding carboxylic acids is 1. The van der Waals surface area contributed by atoms with E-state index in [9.17, 15) is 22.8 Å². The second-order valence-electron chi connectivity index (χ2n) is 9.39. The topological polar surface area (TPSA) is 111 Å². The molecule has 36 heavy (non-hydrogen) atoms. The number of halogens is 3. The molecule has 13 heteroatoms. The summed E-state index contributed by atoms with van der Waals surface area (Å²) in [6, 6.07) is 2.28. The van der Waals surface area contributed by atoms with Gasteiger partial charge in [0, 0.05) is 37.9 Å². The summed E-state index contributed by atoms with van der Waals surface area (Å²) in [5, 5.41) is 3.43. The lowest BCUT2D eigenvalue weighted by atomic mass is 10.1. The van der Waals surface area contributed by atoms with E-state index in [0.717, 1.165) is 12.3 Å². The van der Waals surface area contributed by atoms with Crippen LogP contribution < -0.4 is 15.6 Å². The van der Waals surface area contributed by atoms with E-state index in [1.807, 2.05) is 0 Å². The zero-order valence-electron chi connectivity index (χ0n) is 20.1. The number of hydrogen-bond acceptors (Lipinski definition) is 8. The van der Waals surface area contributed by atoms with E-state index < -0.39 is 23.8 Å². The molecule has 1 aliphatic heterocycles. The molecule has 0 radical (unpaired) electrons. The molecule has 3 aromatic heterocycles. The van der Waals surface area contributed by atoms with Crippen molar-refractivity contribution in [3.63, 3.8) is 0 Å². The van der Waals surface area contributed by atoms with Crippen molar-refractivity contribution in [2.75, 3.05) is 18.4 Å². The van der Waals surface area contributed by atoms with Crippen molar-refractivity contribution >= 4 is 22.8 Å². The van der Waals surface area contributed by atoms with Gasteiger partial charge in [0.1, 0.15) is 22.6 Å². The van der Waals surface area contributed by atoms with E-state index >= 15 is 0 Å². The van der Waals surface area contributed by atoms with Crippen molar-refractivity contribution in [1.29, 1.82) is 0 Å². The molecule has 1 atom stereocenters. The minimum absolute atomic E-state index is 0.180. The molecule has 1 aliphatic rings. The summed E-state index contributed by atoms with van der Waals surface area (Å²) >= 11 is 0. The number of anilines is 1. The highest BCUT2D eigenvalue weighted by Crippen LogP contribution is 2.30. The van der Waals surface area contributed by atoms with Gasteiger partial charge in [0.05, 0.1) is 23.7 Å². The number of aryl methyl sites for hydroxylation is 1. The second-order valence-corrected chi connectivity index (χ2v) is 9.39. The highest BCUT2D eigenvalue weighted by Gasteiger charge is 2.32. The van der Waals surface area contributed by atoms with Crippen LogP contribution in [0.25, 0.3) is 22.2 Å². The number of carbonyl (C=O) groups is 1. The normalized spacial score (nSPS) is 16.3. The molecule has 0 aromatic carbocycles. The molecule has 192 valence electrons. The number of rotatable bonds is 4. The molecular formula is C23H25F3N6O4. The Kier molecular flexibility index (Phi) is 6.50. The lowest BCUT2D eigenvalue weighted by Crippen LogP contribution is -2.36. The first kappa shape index (κ1) is 25.2. The molecule has 1 fully saturated rings. The quantitative estimate of drug-likeness (QED) is 0.570. The number of likely N-dealkylation sites (tertiary alicyclic amines) is 1. The van der Waals surface area contributed by atoms with Gasteiger partial charge in [-0.3, -0.25) is 9.78 Å². The lowest BCUT2D eigenvalue weighted by Gasteiger charge is -2.24. The molecule has 1 saturated heterocycles. The van der Waals surface area contributed by atoms with E-state index in [1.54, 1.807) is 32.7 Å². The third-order valence-corrected chi connectivity index (χ3v) is 5.37. The molecule has 4 heterocycles. The second kappa shape index (κ2) is 9.28. The number of pyridine rings is 2. The zero-order chi connectivity index (χ0) is 26.3. The minimum Gasteiger partial charge on any atom is -0.444 e. The summed E-state index contributed by atoms with van der Waals surface area (Å²) in [5.41, 5.74) is -0.0514. The van der Waals surface area contributed by atoms with Gasteiger partial charge in [-0.1, -0.05) is 0 Å². The third kappa shape index (κ3) is 5.66. The maximum Gasteiger partial charge on any atom is 0.573 e. The van der Waals surface area contributed by atoms with Gasteiger partial charge in [0.25, 0.3) is 5.56 Å². The number of amides is 1. The van der Waals surface area contributed by atoms with E-state index in [2.05, 4.69) is 25.0 Å². The average molecular weight is 506 g/mol. The molecule has 0 saturated carbocycles. The van der Waals surface area contributed by atoms with Gasteiger partial charge in [-0.25, -0.2) is 14.8 Å². The van der Waals surface area contributed by atoms with Crippen molar-refractivity contribution in [3.8, 4) is 17.0 Å². The Labute approximate surface area is 204 Å². The smallest absolute Gasteiger partial charge is 0.444 e. The van der Waals surface area contributed by atoms with Crippen LogP contribution in [0.4, 0.5) is 23.8 Å². The number of alkyl halides is 3. The number of nitrogens with one attached hydrogen (secondary N) is 1. The standard InChI is InChI=1S/C23H25F3N6O4/c1-22(2,3)36-21(34)32-8-7-13(11-32)30-19-17-18(29-12-31(4)20(17)33)15(10-28-19)16-6-5-14(9-27-16)35-23(24,25)26/h5-6,9-10,12-13H,7-8,11H2,1-4H3,(H,28,30)/t13-/m0/s1. The first-order valence-electron chi connectivity index (χ1n) is 11.1. The van der Waals surface area contributed by atoms with Gasteiger partial charge in [-0.2, -0.15) is 0 Å². The summed E-state index contributed by atoms with van der Waals surface area (Å²) in [5.74, 6) is -0.183. The van der Waals surface area contributed by atoms with E-state index in [-0.39, 0.29) is 34.0 Å². The van der Waals surface area contributed by atoms with Crippen LogP contribution in [0.5, 0.6) is 5.75 Å². The Balaban J connectivity index is 1.62. The van der Waals surface area contributed by atoms with Crippen molar-refractivity contribution in [3.05, 3.63) is 41.2 Å². The fourth-order valence-electron chi connectivity index (χ4n) is 3.81. The Morgan fingerprint density at radius 2 is 1.89 bits per heavy atom. The first-order chi connectivity index (χ1) is 16.8. The van der Waals surface area contributed by atoms with Crippen LogP contribution in [-0.2, 0) is 11.8 Å². The SMILES string of the molecule is Cn1cnc2c(-c3ccc(OC(F)(F)F)cn3)cnc(N[C@H]3CCN(C(=O)OC(C)(C)C)C3)c2c1=O. The summed E-state index contributed by atoms with van der Waals surface area (Å²) in [6.07, 6.45) is -0.902. The molecule has 0 spiro atoms. The third-order valence-electron chi connectivity index (χ3n) is 5.37. The van der Waals surface area contributed by atoms with E-state index in [0.29, 0.717) is 25.1 Å². The maximum absolute atomic E-state index is 13.0. The van der Waals surface area contributed by atoms with Crippen LogP contribution in [0.1, 0.15) is 27.2 Å². The van der Waals surface area contributed by atoms with Crippen molar-refractivity contribution in [1.82, 2.24) is 24.4 Å². The molecule has 0 aliphatic carbocycles. The van der Waals surface area contributed by atoms with Gasteiger partial charge in [-0.05, 0) is 39.3 Å². The maximum atomic E-state index is 13.0. The molecule has 10 nitrogen and oxygen atoms in total. The zero-order valence-corrected chi connectivity index (χ0v) is 20.1. The number of hydrogen-bond donors (Lipinski definition) is 1. The van der Waals surface area contributed by atoms with Crippen LogP contribution in [-0.4, -0.2) is 61.6 Å². The van der Waals surface area contributed by atoms with E-state index in [4.69, 9.17) is 4.74 Å². The van der Waals surface area contributed by atoms with Gasteiger partial charge in [0.2, 0.25) is 0 Å². The van der Waals surface area contributed by atoms with Crippen LogP contribution in [0.15, 0.2) is 35.6 Å². The summed E-state index contributed by atoms with van der Waals surface area (Å²) in [4.78, 5) is 39.8. The predicted octanol–water partition coefficient (Wildman–Crippen LogP) is 3.71. The van der Waals surface area contributed by atoms with Crippen LogP contribution >= 0.6 is 0 Å². The van der Waals surface area contributed by atoms with Crippen molar-refractivity contribution in [2.24, 2.45) is 7.05 Å². The summed E-state index contributed by atoms with van der Waals surface area (Å²) < 4.78 is 48.0. The number of ether oxygens (including phenoxy) is 2. The molecule has 3 aromatic rings. The largest absolute Gasteiger partial charge is 0.573 e. The average Bonchev–Trinajstić information content (AvgIpc) is 3.24. The van der Waals surface area contributed by atoms with E-state index in [1.165, 1.54) is 23.2 Å². The Morgan fingerprint density at radius 1 is 1.14 bits per heavy atom. The Hall–Kier alpha value is -3.90. The van der Waals surface area contributed by atoms with Gasteiger partial charge in [-0.15, -0.1) is 13.2 Å². The number of aromatic nitrogens is 4. The lowest BCUT2D eigenvalue weighted by molar-refractivity contribution is -0.274. The molecule has 1 amide bonds. The van der Waals surface area contributed by atoms with Gasteiger partial charge >= 0.3 is 12.5 Å². The van der Waals surface area contributed by atoms with Crippen LogP contribution in [0.3, 0.4) is 0 Å². The summed E-state index contributed by atoms with van der Waals surface area (Å²) in [6.45, 7) is 6.23. The summed E-state index contributed by atoms with van der Waals surface area (Å²) in [7, 11) is 1.55. The monoisotopic (exact) mass is 506 g/mol. The van der Waals surface area contributed by atoms with Crippen LogP contribution in [0.2, 0.25) is 0 Å². The van der Waals surface area contributed by atoms with Gasteiger partial charge < -0.3 is 24.3 Å². The fourth-order valence-corrected chi connectivity index (χ4v) is 3.81. The fraction of sp³-hybridized carbons (Fsp3) is 0.435.